The minimum atomic E-state index is -0.349. The van der Waals surface area contributed by atoms with Gasteiger partial charge in [-0.15, -0.1) is 36.2 Å². The average molecular weight is 340 g/mol. The predicted molar refractivity (Wildman–Crippen MR) is 87.7 cm³/mol. The Balaban J connectivity index is 0.00000180. The van der Waals surface area contributed by atoms with Crippen LogP contribution in [0.3, 0.4) is 0 Å². The predicted octanol–water partition coefficient (Wildman–Crippen LogP) is 2.86. The highest BCUT2D eigenvalue weighted by Gasteiger charge is 2.34. The number of hydrogen-bond acceptors (Lipinski definition) is 4. The van der Waals surface area contributed by atoms with Crippen LogP contribution in [0, 0.1) is 5.92 Å². The van der Waals surface area contributed by atoms with E-state index >= 15 is 0 Å². The molecule has 1 aromatic heterocycles. The van der Waals surface area contributed by atoms with Gasteiger partial charge in [0.25, 0.3) is 0 Å². The first-order valence-electron chi connectivity index (χ1n) is 6.52. The summed E-state index contributed by atoms with van der Waals surface area (Å²) in [5, 5.41) is 6.08. The Kier molecular flexibility index (Phi) is 8.03. The van der Waals surface area contributed by atoms with Gasteiger partial charge < -0.3 is 11.1 Å². The molecular weight excluding hydrogens is 317 g/mol. The first kappa shape index (κ1) is 19.6. The Hall–Kier alpha value is -0.360. The molecule has 1 amide bonds. The van der Waals surface area contributed by atoms with Crippen LogP contribution >= 0.6 is 36.2 Å². The maximum absolute atomic E-state index is 12.3. The molecule has 20 heavy (non-hydrogen) atoms. The third-order valence-corrected chi connectivity index (χ3v) is 4.89. The number of hydrogen-bond donors (Lipinski definition) is 2. The quantitative estimate of drug-likeness (QED) is 0.886. The lowest BCUT2D eigenvalue weighted by Crippen LogP contribution is -2.45. The van der Waals surface area contributed by atoms with E-state index < -0.39 is 0 Å². The van der Waals surface area contributed by atoms with Gasteiger partial charge in [0.15, 0.2) is 0 Å². The number of rotatable bonds is 4. The highest BCUT2D eigenvalue weighted by Crippen LogP contribution is 2.29. The van der Waals surface area contributed by atoms with Gasteiger partial charge in [0.2, 0.25) is 5.91 Å². The third-order valence-electron chi connectivity index (χ3n) is 3.85. The second-order valence-corrected chi connectivity index (χ2v) is 6.18. The fourth-order valence-electron chi connectivity index (χ4n) is 2.42. The molecule has 3 atom stereocenters. The van der Waals surface area contributed by atoms with Gasteiger partial charge in [-0.3, -0.25) is 4.79 Å². The summed E-state index contributed by atoms with van der Waals surface area (Å²) in [6.45, 7) is 4.11. The molecule has 1 fully saturated rings. The molecule has 0 aromatic carbocycles. The Morgan fingerprint density at radius 2 is 2.25 bits per heavy atom. The van der Waals surface area contributed by atoms with Gasteiger partial charge in [0, 0.05) is 23.5 Å². The van der Waals surface area contributed by atoms with Crippen molar-refractivity contribution in [2.75, 3.05) is 0 Å². The van der Waals surface area contributed by atoms with Gasteiger partial charge in [-0.1, -0.05) is 6.92 Å². The number of carbonyl (C=O) groups is 1. The van der Waals surface area contributed by atoms with Crippen molar-refractivity contribution in [1.82, 2.24) is 10.3 Å². The first-order valence-corrected chi connectivity index (χ1v) is 7.40. The maximum Gasteiger partial charge on any atom is 0.223 e. The molecule has 7 heteroatoms. The van der Waals surface area contributed by atoms with Crippen molar-refractivity contribution in [2.24, 2.45) is 11.7 Å². The van der Waals surface area contributed by atoms with Crippen LogP contribution in [0.2, 0.25) is 0 Å². The molecule has 3 N–H and O–H groups in total. The summed E-state index contributed by atoms with van der Waals surface area (Å²) in [5.41, 5.74) is 5.51. The molecule has 0 spiro atoms. The molecule has 0 radical (unpaired) electrons. The topological polar surface area (TPSA) is 68.0 Å². The summed E-state index contributed by atoms with van der Waals surface area (Å²) >= 11 is 1.59. The molecule has 0 aliphatic heterocycles. The zero-order valence-corrected chi connectivity index (χ0v) is 14.2. The van der Waals surface area contributed by atoms with Crippen molar-refractivity contribution >= 4 is 42.1 Å². The monoisotopic (exact) mass is 339 g/mol. The van der Waals surface area contributed by atoms with Gasteiger partial charge in [-0.25, -0.2) is 4.98 Å². The fraction of sp³-hybridized carbons (Fsp3) is 0.692. The Labute approximate surface area is 136 Å². The summed E-state index contributed by atoms with van der Waals surface area (Å²) in [6.07, 6.45) is 5.29. The second-order valence-electron chi connectivity index (χ2n) is 5.28. The first-order chi connectivity index (χ1) is 8.55. The summed E-state index contributed by atoms with van der Waals surface area (Å²) in [6, 6.07) is 0.188. The molecule has 1 aromatic rings. The van der Waals surface area contributed by atoms with E-state index in [1.807, 2.05) is 12.3 Å². The van der Waals surface area contributed by atoms with Crippen molar-refractivity contribution in [3.05, 3.63) is 16.6 Å². The minimum absolute atomic E-state index is 0. The van der Waals surface area contributed by atoms with Crippen molar-refractivity contribution in [1.29, 1.82) is 0 Å². The standard InChI is InChI=1S/C13H21N3OS.2ClH/c1-3-13(2,12-15-6-7-18-12)16-11(17)9-4-5-10(14)8-9;;/h6-7,9-10H,3-5,8,14H2,1-2H3,(H,16,17);2*1H. The molecule has 0 saturated heterocycles. The Morgan fingerprint density at radius 3 is 2.70 bits per heavy atom. The molecule has 1 heterocycles. The summed E-state index contributed by atoms with van der Waals surface area (Å²) in [5.74, 6) is 0.202. The normalized spacial score (nSPS) is 24.1. The smallest absolute Gasteiger partial charge is 0.223 e. The number of nitrogens with one attached hydrogen (secondary N) is 1. The lowest BCUT2D eigenvalue weighted by atomic mass is 9.97. The largest absolute Gasteiger partial charge is 0.344 e. The number of carbonyl (C=O) groups excluding carboxylic acids is 1. The van der Waals surface area contributed by atoms with Crippen LogP contribution in [0.1, 0.15) is 44.5 Å². The minimum Gasteiger partial charge on any atom is -0.344 e. The number of amides is 1. The molecule has 1 aliphatic carbocycles. The summed E-state index contributed by atoms with van der Waals surface area (Å²) in [7, 11) is 0. The molecule has 4 nitrogen and oxygen atoms in total. The number of thiazole rings is 1. The molecule has 116 valence electrons. The van der Waals surface area contributed by atoms with Crippen molar-refractivity contribution < 1.29 is 4.79 Å². The van der Waals surface area contributed by atoms with Gasteiger partial charge >= 0.3 is 0 Å². The van der Waals surface area contributed by atoms with Gasteiger partial charge in [-0.05, 0) is 32.6 Å². The van der Waals surface area contributed by atoms with Crippen molar-refractivity contribution in [3.63, 3.8) is 0 Å². The van der Waals surface area contributed by atoms with E-state index in [1.54, 1.807) is 17.5 Å². The highest BCUT2D eigenvalue weighted by atomic mass is 35.5. The molecular formula is C13H23Cl2N3OS. The van der Waals surface area contributed by atoms with E-state index in [4.69, 9.17) is 5.73 Å². The van der Waals surface area contributed by atoms with E-state index in [9.17, 15) is 4.79 Å². The van der Waals surface area contributed by atoms with Crippen LogP contribution in [-0.2, 0) is 10.3 Å². The van der Waals surface area contributed by atoms with E-state index in [-0.39, 0.29) is 48.2 Å². The van der Waals surface area contributed by atoms with Gasteiger partial charge in [0.05, 0.1) is 5.54 Å². The van der Waals surface area contributed by atoms with E-state index in [1.165, 1.54) is 0 Å². The molecule has 1 saturated carbocycles. The fourth-order valence-corrected chi connectivity index (χ4v) is 3.25. The van der Waals surface area contributed by atoms with Crippen LogP contribution in [0.25, 0.3) is 0 Å². The lowest BCUT2D eigenvalue weighted by Gasteiger charge is -2.29. The number of aromatic nitrogens is 1. The van der Waals surface area contributed by atoms with Crippen LogP contribution in [0.5, 0.6) is 0 Å². The second kappa shape index (κ2) is 8.17. The average Bonchev–Trinajstić information content (AvgIpc) is 2.99. The Morgan fingerprint density at radius 1 is 1.55 bits per heavy atom. The SMILES string of the molecule is CCC(C)(NC(=O)C1CCC(N)C1)c1nccs1.Cl.Cl. The molecule has 1 aliphatic rings. The molecule has 2 rings (SSSR count). The lowest BCUT2D eigenvalue weighted by molar-refractivity contribution is -0.126. The van der Waals surface area contributed by atoms with Gasteiger partial charge in [0.1, 0.15) is 5.01 Å². The van der Waals surface area contributed by atoms with E-state index in [2.05, 4.69) is 17.2 Å². The Bertz CT molecular complexity index is 416. The van der Waals surface area contributed by atoms with E-state index in [0.717, 1.165) is 30.7 Å². The van der Waals surface area contributed by atoms with E-state index in [0.29, 0.717) is 0 Å². The third kappa shape index (κ3) is 4.32. The van der Waals surface area contributed by atoms with Crippen LogP contribution in [0.4, 0.5) is 0 Å². The number of nitrogens with two attached hydrogens (primary N) is 1. The zero-order valence-electron chi connectivity index (χ0n) is 11.8. The zero-order chi connectivity index (χ0) is 13.2. The van der Waals surface area contributed by atoms with Crippen molar-refractivity contribution in [2.45, 2.75) is 51.1 Å². The van der Waals surface area contributed by atoms with Crippen LogP contribution in [-0.4, -0.2) is 16.9 Å². The summed E-state index contributed by atoms with van der Waals surface area (Å²) in [4.78, 5) is 16.6. The highest BCUT2D eigenvalue weighted by molar-refractivity contribution is 7.09. The summed E-state index contributed by atoms with van der Waals surface area (Å²) < 4.78 is 0. The number of halogens is 2. The van der Waals surface area contributed by atoms with Crippen LogP contribution in [0.15, 0.2) is 11.6 Å². The molecule has 0 bridgehead atoms. The maximum atomic E-state index is 12.3. The molecule has 3 unspecified atom stereocenters. The van der Waals surface area contributed by atoms with Crippen molar-refractivity contribution in [3.8, 4) is 0 Å². The van der Waals surface area contributed by atoms with Crippen LogP contribution < -0.4 is 11.1 Å². The van der Waals surface area contributed by atoms with Gasteiger partial charge in [-0.2, -0.15) is 0 Å². The number of nitrogens with zero attached hydrogens (tertiary/aromatic N) is 1.